The predicted octanol–water partition coefficient (Wildman–Crippen LogP) is 8.53. The van der Waals surface area contributed by atoms with Crippen LogP contribution in [0.15, 0.2) is 116 Å². The molecular weight excluding hydrogens is 442 g/mol. The largest absolute Gasteiger partial charge is 0.507 e. The van der Waals surface area contributed by atoms with Gasteiger partial charge in [-0.15, -0.1) is 0 Å². The Kier molecular flexibility index (Phi) is 6.14. The molecule has 0 aromatic heterocycles. The Balaban J connectivity index is 1.48. The van der Waals surface area contributed by atoms with Gasteiger partial charge in [-0.05, 0) is 67.3 Å². The fourth-order valence-electron chi connectivity index (χ4n) is 4.38. The Bertz CT molecular complexity index is 1520. The molecule has 176 valence electrons. The fourth-order valence-corrected chi connectivity index (χ4v) is 4.38. The number of ketones is 1. The Morgan fingerprint density at radius 2 is 1.17 bits per heavy atom. The van der Waals surface area contributed by atoms with Gasteiger partial charge in [-0.1, -0.05) is 84.4 Å². The van der Waals surface area contributed by atoms with Gasteiger partial charge in [0.1, 0.15) is 5.75 Å². The second-order valence-corrected chi connectivity index (χ2v) is 9.04. The first-order valence-electron chi connectivity index (χ1n) is 11.9. The molecule has 0 unspecified atom stereocenters. The highest BCUT2D eigenvalue weighted by atomic mass is 16.3. The predicted molar refractivity (Wildman–Crippen MR) is 150 cm³/mol. The molecule has 0 saturated carbocycles. The van der Waals surface area contributed by atoms with Crippen molar-refractivity contribution in [2.45, 2.75) is 13.8 Å². The molecule has 5 aromatic carbocycles. The number of rotatable bonds is 6. The molecule has 0 radical (unpaired) electrons. The van der Waals surface area contributed by atoms with Crippen LogP contribution in [0.3, 0.4) is 0 Å². The summed E-state index contributed by atoms with van der Waals surface area (Å²) in [5.74, 6) is -0.305. The van der Waals surface area contributed by atoms with Gasteiger partial charge in [0, 0.05) is 28.0 Å². The SMILES string of the molecule is C=C(C(=O)c1ccc2ccccc2c1O)c1ccc(N(c2ccc(C)cc2)c2ccc(C)cc2)cc1. The van der Waals surface area contributed by atoms with Gasteiger partial charge in [0.2, 0.25) is 0 Å². The monoisotopic (exact) mass is 469 g/mol. The maximum atomic E-state index is 13.3. The molecule has 5 rings (SSSR count). The maximum Gasteiger partial charge on any atom is 0.196 e. The number of hydrogen-bond acceptors (Lipinski definition) is 3. The van der Waals surface area contributed by atoms with E-state index < -0.39 is 0 Å². The number of aromatic hydroxyl groups is 1. The number of allylic oxidation sites excluding steroid dienone is 1. The van der Waals surface area contributed by atoms with Gasteiger partial charge in [0.05, 0.1) is 5.56 Å². The zero-order chi connectivity index (χ0) is 25.2. The quantitative estimate of drug-likeness (QED) is 0.200. The molecule has 0 aliphatic heterocycles. The van der Waals surface area contributed by atoms with Gasteiger partial charge in [0.15, 0.2) is 5.78 Å². The molecule has 0 aliphatic carbocycles. The topological polar surface area (TPSA) is 40.5 Å². The highest BCUT2D eigenvalue weighted by Crippen LogP contribution is 2.36. The summed E-state index contributed by atoms with van der Waals surface area (Å²) in [5.41, 5.74) is 6.77. The van der Waals surface area contributed by atoms with Crippen LogP contribution >= 0.6 is 0 Å². The van der Waals surface area contributed by atoms with Crippen LogP contribution in [0.1, 0.15) is 27.0 Å². The first-order chi connectivity index (χ1) is 17.4. The van der Waals surface area contributed by atoms with Gasteiger partial charge in [-0.25, -0.2) is 0 Å². The Hall–Kier alpha value is -4.63. The van der Waals surface area contributed by atoms with Crippen molar-refractivity contribution in [3.05, 3.63) is 138 Å². The van der Waals surface area contributed by atoms with Crippen molar-refractivity contribution >= 4 is 39.2 Å². The van der Waals surface area contributed by atoms with Crippen LogP contribution in [-0.4, -0.2) is 10.9 Å². The lowest BCUT2D eigenvalue weighted by Crippen LogP contribution is -2.10. The number of phenolic OH excluding ortho intramolecular Hbond substituents is 1. The summed E-state index contributed by atoms with van der Waals surface area (Å²) in [6, 6.07) is 35.6. The van der Waals surface area contributed by atoms with E-state index in [1.165, 1.54) is 11.1 Å². The summed E-state index contributed by atoms with van der Waals surface area (Å²) in [4.78, 5) is 15.4. The standard InChI is InChI=1S/C33H27NO2/c1-22-8-15-27(16-9-22)34(28-17-10-23(2)11-18-28)29-19-12-25(13-20-29)24(3)32(35)31-21-14-26-6-4-5-7-30(26)33(31)36/h4-21,36H,3H2,1-2H3. The summed E-state index contributed by atoms with van der Waals surface area (Å²) in [6.07, 6.45) is 0. The molecule has 0 atom stereocenters. The number of hydrogen-bond donors (Lipinski definition) is 1. The minimum Gasteiger partial charge on any atom is -0.507 e. The van der Waals surface area contributed by atoms with Crippen molar-refractivity contribution < 1.29 is 9.90 Å². The van der Waals surface area contributed by atoms with Crippen molar-refractivity contribution in [1.82, 2.24) is 0 Å². The minimum absolute atomic E-state index is 0.0132. The third-order valence-electron chi connectivity index (χ3n) is 6.48. The number of Topliss-reactive ketones (excluding diaryl/α,β-unsaturated/α-hetero) is 1. The second kappa shape index (κ2) is 9.55. The number of anilines is 3. The highest BCUT2D eigenvalue weighted by molar-refractivity contribution is 6.30. The van der Waals surface area contributed by atoms with Crippen LogP contribution in [0, 0.1) is 13.8 Å². The summed E-state index contributed by atoms with van der Waals surface area (Å²) in [6.45, 7) is 8.21. The minimum atomic E-state index is -0.292. The normalized spacial score (nSPS) is 10.8. The van der Waals surface area contributed by atoms with Crippen molar-refractivity contribution in [1.29, 1.82) is 0 Å². The Morgan fingerprint density at radius 1 is 0.667 bits per heavy atom. The van der Waals surface area contributed by atoms with Crippen molar-refractivity contribution in [2.75, 3.05) is 4.90 Å². The molecular formula is C33H27NO2. The highest BCUT2D eigenvalue weighted by Gasteiger charge is 2.19. The van der Waals surface area contributed by atoms with E-state index in [0.717, 1.165) is 22.4 Å². The molecule has 0 saturated heterocycles. The second-order valence-electron chi connectivity index (χ2n) is 9.04. The molecule has 0 aliphatic rings. The molecule has 3 nitrogen and oxygen atoms in total. The molecule has 0 amide bonds. The van der Waals surface area contributed by atoms with Crippen LogP contribution in [0.25, 0.3) is 16.3 Å². The lowest BCUT2D eigenvalue weighted by Gasteiger charge is -2.26. The summed E-state index contributed by atoms with van der Waals surface area (Å²) in [7, 11) is 0. The van der Waals surface area contributed by atoms with Crippen LogP contribution < -0.4 is 4.90 Å². The van der Waals surface area contributed by atoms with Gasteiger partial charge >= 0.3 is 0 Å². The fraction of sp³-hybridized carbons (Fsp3) is 0.0606. The Morgan fingerprint density at radius 3 is 1.72 bits per heavy atom. The number of fused-ring (bicyclic) bond motifs is 1. The summed E-state index contributed by atoms with van der Waals surface area (Å²) < 4.78 is 0. The smallest absolute Gasteiger partial charge is 0.196 e. The van der Waals surface area contributed by atoms with Gasteiger partial charge in [-0.2, -0.15) is 0 Å². The molecule has 0 fully saturated rings. The van der Waals surface area contributed by atoms with Gasteiger partial charge < -0.3 is 10.0 Å². The molecule has 0 spiro atoms. The summed E-state index contributed by atoms with van der Waals surface area (Å²) >= 11 is 0. The Labute approximate surface area is 211 Å². The van der Waals surface area contributed by atoms with Crippen LogP contribution in [-0.2, 0) is 0 Å². The number of phenols is 1. The lowest BCUT2D eigenvalue weighted by atomic mass is 9.95. The van der Waals surface area contributed by atoms with E-state index >= 15 is 0 Å². The first-order valence-corrected chi connectivity index (χ1v) is 11.9. The molecule has 0 heterocycles. The number of carbonyl (C=O) groups excluding carboxylic acids is 1. The maximum absolute atomic E-state index is 13.3. The van der Waals surface area contributed by atoms with Gasteiger partial charge in [0.25, 0.3) is 0 Å². The van der Waals surface area contributed by atoms with Crippen LogP contribution in [0.2, 0.25) is 0 Å². The molecule has 36 heavy (non-hydrogen) atoms. The lowest BCUT2D eigenvalue weighted by molar-refractivity contribution is 0.105. The number of carbonyl (C=O) groups is 1. The van der Waals surface area contributed by atoms with E-state index in [0.29, 0.717) is 16.5 Å². The molecule has 5 aromatic rings. The van der Waals surface area contributed by atoms with E-state index in [2.05, 4.69) is 73.9 Å². The van der Waals surface area contributed by atoms with Crippen molar-refractivity contribution in [3.63, 3.8) is 0 Å². The molecule has 1 N–H and O–H groups in total. The molecule has 3 heteroatoms. The summed E-state index contributed by atoms with van der Waals surface area (Å²) in [5, 5.41) is 12.3. The third-order valence-corrected chi connectivity index (χ3v) is 6.48. The number of benzene rings is 5. The third kappa shape index (κ3) is 4.39. The average molecular weight is 470 g/mol. The van der Waals surface area contributed by atoms with Gasteiger partial charge in [-0.3, -0.25) is 4.79 Å². The van der Waals surface area contributed by atoms with E-state index in [9.17, 15) is 9.90 Å². The zero-order valence-electron chi connectivity index (χ0n) is 20.4. The van der Waals surface area contributed by atoms with E-state index in [4.69, 9.17) is 0 Å². The van der Waals surface area contributed by atoms with E-state index in [-0.39, 0.29) is 17.1 Å². The zero-order valence-corrected chi connectivity index (χ0v) is 20.4. The number of aryl methyl sites for hydroxylation is 2. The first kappa shape index (κ1) is 23.1. The average Bonchev–Trinajstić information content (AvgIpc) is 2.91. The van der Waals surface area contributed by atoms with Crippen molar-refractivity contribution in [3.8, 4) is 5.75 Å². The number of nitrogens with zero attached hydrogens (tertiary/aromatic N) is 1. The van der Waals surface area contributed by atoms with Crippen LogP contribution in [0.4, 0.5) is 17.1 Å². The van der Waals surface area contributed by atoms with Crippen LogP contribution in [0.5, 0.6) is 5.75 Å². The molecule has 0 bridgehead atoms. The van der Waals surface area contributed by atoms with Crippen molar-refractivity contribution in [2.24, 2.45) is 0 Å². The van der Waals surface area contributed by atoms with E-state index in [1.54, 1.807) is 6.07 Å². The van der Waals surface area contributed by atoms with E-state index in [1.807, 2.05) is 54.6 Å².